The summed E-state index contributed by atoms with van der Waals surface area (Å²) in [5, 5.41) is 27.3. The Labute approximate surface area is 226 Å². The van der Waals surface area contributed by atoms with Crippen LogP contribution >= 0.6 is 0 Å². The van der Waals surface area contributed by atoms with Gasteiger partial charge < -0.3 is 19.6 Å². The number of H-pyrrole nitrogens is 2. The van der Waals surface area contributed by atoms with Gasteiger partial charge in [0.15, 0.2) is 5.52 Å². The van der Waals surface area contributed by atoms with Gasteiger partial charge in [0.1, 0.15) is 6.10 Å². The highest BCUT2D eigenvalue weighted by Gasteiger charge is 2.26. The summed E-state index contributed by atoms with van der Waals surface area (Å²) in [5.41, 5.74) is 4.52. The number of aromatic amines is 2. The Balaban J connectivity index is 1.76. The van der Waals surface area contributed by atoms with Crippen LogP contribution in [0.25, 0.3) is 34.3 Å². The molecular weight excluding hydrogens is 500 g/mol. The second-order valence-corrected chi connectivity index (χ2v) is 9.97. The number of hydrogen-bond acceptors (Lipinski definition) is 8. The lowest BCUT2D eigenvalue weighted by molar-refractivity contribution is 0.132. The summed E-state index contributed by atoms with van der Waals surface area (Å²) >= 11 is 0. The van der Waals surface area contributed by atoms with Crippen molar-refractivity contribution in [1.29, 1.82) is 0 Å². The molecule has 3 N–H and O–H groups in total. The van der Waals surface area contributed by atoms with Gasteiger partial charge in [0, 0.05) is 25.5 Å². The molecule has 208 valence electrons. The standard InChI is InChI=1S/C27H36N8O4/c1-7-34-12-16(4)39-27-23(17(5)31-33(27)6)21-11-19-20(29-30-24(19)25(37)28-21)10-9-18-22(13-34)35(15(3)14-36)32-26(18)38-8-2/h9-11,15-16,36H,7-8,12-14H2,1-6H3,(H,28,37)(H,29,30)/b10-9+. The Morgan fingerprint density at radius 1 is 1.28 bits per heavy atom. The summed E-state index contributed by atoms with van der Waals surface area (Å²) in [5.74, 6) is 1.07. The number of aliphatic hydroxyl groups excluding tert-OH is 1. The Bertz CT molecular complexity index is 1580. The van der Waals surface area contributed by atoms with E-state index in [2.05, 4.69) is 32.1 Å². The third-order valence-corrected chi connectivity index (χ3v) is 7.07. The minimum absolute atomic E-state index is 0.0611. The van der Waals surface area contributed by atoms with E-state index in [-0.39, 0.29) is 24.3 Å². The molecule has 2 atom stereocenters. The highest BCUT2D eigenvalue weighted by Crippen LogP contribution is 2.34. The number of nitrogens with zero attached hydrogens (tertiary/aromatic N) is 6. The molecule has 0 aliphatic carbocycles. The molecule has 4 aromatic heterocycles. The van der Waals surface area contributed by atoms with E-state index in [1.807, 2.05) is 57.6 Å². The first-order valence-corrected chi connectivity index (χ1v) is 13.3. The van der Waals surface area contributed by atoms with Crippen LogP contribution in [0.15, 0.2) is 10.9 Å². The van der Waals surface area contributed by atoms with Crippen molar-refractivity contribution < 1.29 is 14.6 Å². The zero-order valence-electron chi connectivity index (χ0n) is 23.3. The van der Waals surface area contributed by atoms with Crippen LogP contribution in [0.5, 0.6) is 11.8 Å². The number of pyridine rings is 1. The fraction of sp³-hybridized carbons (Fsp3) is 0.481. The summed E-state index contributed by atoms with van der Waals surface area (Å²) in [6, 6.07) is 1.66. The molecule has 5 heterocycles. The van der Waals surface area contributed by atoms with E-state index in [4.69, 9.17) is 14.6 Å². The van der Waals surface area contributed by atoms with Crippen LogP contribution in [0.4, 0.5) is 0 Å². The van der Waals surface area contributed by atoms with E-state index < -0.39 is 0 Å². The van der Waals surface area contributed by atoms with Crippen molar-refractivity contribution in [2.24, 2.45) is 7.05 Å². The molecular formula is C27H36N8O4. The predicted octanol–water partition coefficient (Wildman–Crippen LogP) is 2.88. The Hall–Kier alpha value is -3.90. The average Bonchev–Trinajstić information content (AvgIpc) is 3.55. The quantitative estimate of drug-likeness (QED) is 0.354. The molecule has 0 fully saturated rings. The molecule has 1 aliphatic heterocycles. The lowest BCUT2D eigenvalue weighted by Crippen LogP contribution is -2.35. The van der Waals surface area contributed by atoms with Gasteiger partial charge >= 0.3 is 0 Å². The summed E-state index contributed by atoms with van der Waals surface area (Å²) < 4.78 is 16.0. The van der Waals surface area contributed by atoms with Crippen molar-refractivity contribution in [1.82, 2.24) is 39.6 Å². The molecule has 39 heavy (non-hydrogen) atoms. The molecule has 12 heteroatoms. The van der Waals surface area contributed by atoms with Gasteiger partial charge in [-0.05, 0) is 52.5 Å². The number of aliphatic hydroxyl groups is 1. The highest BCUT2D eigenvalue weighted by molar-refractivity contribution is 5.92. The predicted molar refractivity (Wildman–Crippen MR) is 149 cm³/mol. The third kappa shape index (κ3) is 4.85. The third-order valence-electron chi connectivity index (χ3n) is 7.07. The monoisotopic (exact) mass is 536 g/mol. The molecule has 0 saturated carbocycles. The van der Waals surface area contributed by atoms with E-state index in [0.29, 0.717) is 53.7 Å². The number of fused-ring (bicyclic) bond motifs is 4. The highest BCUT2D eigenvalue weighted by atomic mass is 16.5. The van der Waals surface area contributed by atoms with Gasteiger partial charge in [-0.3, -0.25) is 19.5 Å². The number of likely N-dealkylation sites (N-methyl/N-ethyl adjacent to an activating group) is 1. The topological polar surface area (TPSA) is 139 Å². The van der Waals surface area contributed by atoms with Gasteiger partial charge in [-0.25, -0.2) is 4.68 Å². The van der Waals surface area contributed by atoms with Crippen LogP contribution in [-0.2, 0) is 13.6 Å². The van der Waals surface area contributed by atoms with Crippen molar-refractivity contribution in [3.8, 4) is 23.0 Å². The summed E-state index contributed by atoms with van der Waals surface area (Å²) in [6.07, 6.45) is 3.64. The van der Waals surface area contributed by atoms with Gasteiger partial charge in [-0.1, -0.05) is 6.92 Å². The average molecular weight is 537 g/mol. The van der Waals surface area contributed by atoms with E-state index in [9.17, 15) is 9.90 Å². The Morgan fingerprint density at radius 2 is 2.08 bits per heavy atom. The smallest absolute Gasteiger partial charge is 0.276 e. The van der Waals surface area contributed by atoms with Crippen LogP contribution in [0.1, 0.15) is 56.4 Å². The first-order valence-electron chi connectivity index (χ1n) is 13.3. The van der Waals surface area contributed by atoms with Gasteiger partial charge in [-0.15, -0.1) is 5.10 Å². The molecule has 0 aromatic carbocycles. The number of nitrogens with one attached hydrogen (secondary N) is 2. The summed E-state index contributed by atoms with van der Waals surface area (Å²) in [6.45, 7) is 12.2. The molecule has 0 spiro atoms. The van der Waals surface area contributed by atoms with E-state index >= 15 is 0 Å². The molecule has 0 saturated heterocycles. The molecule has 4 aromatic rings. The maximum Gasteiger partial charge on any atom is 0.276 e. The van der Waals surface area contributed by atoms with Gasteiger partial charge in [0.05, 0.1) is 53.2 Å². The van der Waals surface area contributed by atoms with Gasteiger partial charge in [0.25, 0.3) is 5.56 Å². The zero-order chi connectivity index (χ0) is 27.8. The lowest BCUT2D eigenvalue weighted by Gasteiger charge is -2.26. The number of rotatable bonds is 5. The zero-order valence-corrected chi connectivity index (χ0v) is 23.3. The second kappa shape index (κ2) is 10.7. The molecule has 2 bridgehead atoms. The first kappa shape index (κ1) is 26.7. The lowest BCUT2D eigenvalue weighted by atomic mass is 10.1. The normalized spacial score (nSPS) is 17.8. The maximum atomic E-state index is 13.1. The number of ether oxygens (including phenoxy) is 2. The van der Waals surface area contributed by atoms with Crippen LogP contribution in [0.3, 0.4) is 0 Å². The van der Waals surface area contributed by atoms with Crippen LogP contribution in [0, 0.1) is 6.92 Å². The van der Waals surface area contributed by atoms with Gasteiger partial charge in [0.2, 0.25) is 11.8 Å². The number of aryl methyl sites for hydroxylation is 2. The van der Waals surface area contributed by atoms with Crippen molar-refractivity contribution in [3.05, 3.63) is 39.1 Å². The van der Waals surface area contributed by atoms with E-state index in [1.54, 1.807) is 4.68 Å². The number of hydrogen-bond donors (Lipinski definition) is 3. The van der Waals surface area contributed by atoms with Crippen LogP contribution < -0.4 is 15.0 Å². The van der Waals surface area contributed by atoms with Crippen LogP contribution in [0.2, 0.25) is 0 Å². The largest absolute Gasteiger partial charge is 0.476 e. The van der Waals surface area contributed by atoms with Gasteiger partial charge in [-0.2, -0.15) is 10.2 Å². The molecule has 0 radical (unpaired) electrons. The van der Waals surface area contributed by atoms with Crippen LogP contribution in [-0.4, -0.2) is 77.2 Å². The van der Waals surface area contributed by atoms with Crippen molar-refractivity contribution >= 4 is 23.1 Å². The Morgan fingerprint density at radius 3 is 2.79 bits per heavy atom. The minimum atomic E-state index is -0.303. The summed E-state index contributed by atoms with van der Waals surface area (Å²) in [4.78, 5) is 18.3. The first-order chi connectivity index (χ1) is 18.7. The number of aromatic nitrogens is 7. The van der Waals surface area contributed by atoms with E-state index in [0.717, 1.165) is 29.1 Å². The minimum Gasteiger partial charge on any atom is -0.476 e. The molecule has 2 unspecified atom stereocenters. The van der Waals surface area contributed by atoms with E-state index in [1.165, 1.54) is 0 Å². The second-order valence-electron chi connectivity index (χ2n) is 9.97. The SMILES string of the molecule is CCOc1nn(C(C)CO)c2c1/C=C/c1[nH]nc3c(=O)[nH]c(cc13)-c1c(C)nn(C)c1OC(C)CN(CC)C2. The Kier molecular flexibility index (Phi) is 7.32. The maximum absolute atomic E-state index is 13.1. The molecule has 12 nitrogen and oxygen atoms in total. The molecule has 0 amide bonds. The van der Waals surface area contributed by atoms with Crippen molar-refractivity contribution in [2.75, 3.05) is 26.3 Å². The fourth-order valence-electron chi connectivity index (χ4n) is 5.13. The van der Waals surface area contributed by atoms with Crippen molar-refractivity contribution in [2.45, 2.75) is 53.3 Å². The van der Waals surface area contributed by atoms with Crippen molar-refractivity contribution in [3.63, 3.8) is 0 Å². The summed E-state index contributed by atoms with van der Waals surface area (Å²) in [7, 11) is 1.84. The molecule has 1 aliphatic rings. The fourth-order valence-corrected chi connectivity index (χ4v) is 5.13. The molecule has 5 rings (SSSR count).